The smallest absolute Gasteiger partial charge is 0.229 e. The molecule has 0 unspecified atom stereocenters. The average Bonchev–Trinajstić information content (AvgIpc) is 2.53. The Morgan fingerprint density at radius 3 is 2.76 bits per heavy atom. The van der Waals surface area contributed by atoms with Crippen molar-refractivity contribution in [2.45, 2.75) is 6.92 Å². The van der Waals surface area contributed by atoms with Crippen molar-refractivity contribution < 1.29 is 13.2 Å². The van der Waals surface area contributed by atoms with Crippen LogP contribution in [0.25, 0.3) is 22.2 Å². The number of sulfonamides is 1. The zero-order valence-corrected chi connectivity index (χ0v) is 14.5. The zero-order chi connectivity index (χ0) is 18.0. The minimum atomic E-state index is -3.35. The number of hydrogen-bond donors (Lipinski definition) is 2. The fraction of sp³-hybridized carbons (Fsp3) is 0.188. The minimum absolute atomic E-state index is 0.116. The van der Waals surface area contributed by atoms with Gasteiger partial charge in [0.1, 0.15) is 0 Å². The van der Waals surface area contributed by atoms with Crippen LogP contribution in [0.1, 0.15) is 6.92 Å². The van der Waals surface area contributed by atoms with Gasteiger partial charge in [-0.25, -0.2) is 13.4 Å². The van der Waals surface area contributed by atoms with Gasteiger partial charge in [-0.3, -0.25) is 9.71 Å². The van der Waals surface area contributed by atoms with E-state index in [0.717, 1.165) is 11.8 Å². The maximum absolute atomic E-state index is 11.4. The first-order valence-corrected chi connectivity index (χ1v) is 9.39. The molecular weight excluding hydrogens is 342 g/mol. The first-order chi connectivity index (χ1) is 11.9. The largest absolute Gasteiger partial charge is 0.477 e. The molecule has 0 radical (unpaired) electrons. The molecule has 0 atom stereocenters. The number of rotatable bonds is 5. The lowest BCUT2D eigenvalue weighted by molar-refractivity contribution is 0.331. The Morgan fingerprint density at radius 1 is 1.24 bits per heavy atom. The van der Waals surface area contributed by atoms with E-state index in [1.54, 1.807) is 30.5 Å². The Morgan fingerprint density at radius 2 is 2.04 bits per heavy atom. The van der Waals surface area contributed by atoms with Gasteiger partial charge in [-0.1, -0.05) is 12.1 Å². The number of hydrogen-bond acceptors (Lipinski definition) is 7. The molecule has 130 valence electrons. The van der Waals surface area contributed by atoms with Crippen molar-refractivity contribution >= 4 is 32.6 Å². The summed E-state index contributed by atoms with van der Waals surface area (Å²) in [6, 6.07) is 8.74. The molecule has 2 heterocycles. The lowest BCUT2D eigenvalue weighted by atomic mass is 10.1. The number of nitrogen functional groups attached to an aromatic ring is 1. The van der Waals surface area contributed by atoms with Gasteiger partial charge in [0.2, 0.25) is 21.9 Å². The molecule has 3 N–H and O–H groups in total. The number of aromatic nitrogens is 3. The molecule has 0 aliphatic carbocycles. The van der Waals surface area contributed by atoms with Gasteiger partial charge < -0.3 is 10.5 Å². The SMILES string of the molecule is CCOc1nc(N)nc2cnc(-c3cccc(NS(C)(=O)=O)c3)cc12. The second-order valence-corrected chi connectivity index (χ2v) is 7.11. The Hall–Kier alpha value is -2.94. The van der Waals surface area contributed by atoms with Crippen molar-refractivity contribution in [1.82, 2.24) is 15.0 Å². The molecule has 2 aromatic heterocycles. The fourth-order valence-electron chi connectivity index (χ4n) is 2.38. The summed E-state index contributed by atoms with van der Waals surface area (Å²) in [4.78, 5) is 12.6. The third-order valence-corrected chi connectivity index (χ3v) is 3.91. The Balaban J connectivity index is 2.09. The van der Waals surface area contributed by atoms with E-state index in [4.69, 9.17) is 10.5 Å². The zero-order valence-electron chi connectivity index (χ0n) is 13.7. The van der Waals surface area contributed by atoms with E-state index in [1.165, 1.54) is 0 Å². The lowest BCUT2D eigenvalue weighted by Crippen LogP contribution is -2.09. The standard InChI is InChI=1S/C16H17N5O3S/c1-3-24-15-12-8-13(18-9-14(12)19-16(17)20-15)10-5-4-6-11(7-10)21-25(2,22)23/h4-9,21H,3H2,1-2H3,(H2,17,19,20). The maximum atomic E-state index is 11.4. The van der Waals surface area contributed by atoms with E-state index in [2.05, 4.69) is 19.7 Å². The molecule has 0 bridgehead atoms. The van der Waals surface area contributed by atoms with Gasteiger partial charge in [0.05, 0.1) is 35.7 Å². The van der Waals surface area contributed by atoms with Crippen LogP contribution in [0.2, 0.25) is 0 Å². The predicted octanol–water partition coefficient (Wildman–Crippen LogP) is 2.04. The normalized spacial score (nSPS) is 11.4. The van der Waals surface area contributed by atoms with Crippen molar-refractivity contribution in [3.8, 4) is 17.1 Å². The van der Waals surface area contributed by atoms with Gasteiger partial charge in [0.25, 0.3) is 0 Å². The second kappa shape index (κ2) is 6.52. The van der Waals surface area contributed by atoms with Crippen LogP contribution in [0.5, 0.6) is 5.88 Å². The number of nitrogens with two attached hydrogens (primary N) is 1. The molecule has 25 heavy (non-hydrogen) atoms. The van der Waals surface area contributed by atoms with Crippen molar-refractivity contribution in [2.75, 3.05) is 23.3 Å². The summed E-state index contributed by atoms with van der Waals surface area (Å²) in [5, 5.41) is 0.683. The van der Waals surface area contributed by atoms with E-state index in [0.29, 0.717) is 34.8 Å². The molecule has 1 aromatic carbocycles. The van der Waals surface area contributed by atoms with E-state index >= 15 is 0 Å². The van der Waals surface area contributed by atoms with Crippen LogP contribution < -0.4 is 15.2 Å². The molecule has 9 heteroatoms. The minimum Gasteiger partial charge on any atom is -0.477 e. The summed E-state index contributed by atoms with van der Waals surface area (Å²) in [7, 11) is -3.35. The van der Waals surface area contributed by atoms with E-state index < -0.39 is 10.0 Å². The average molecular weight is 359 g/mol. The van der Waals surface area contributed by atoms with E-state index in [1.807, 2.05) is 13.0 Å². The number of ether oxygens (including phenoxy) is 1. The summed E-state index contributed by atoms with van der Waals surface area (Å²) in [6.07, 6.45) is 2.69. The molecule has 0 aliphatic rings. The number of fused-ring (bicyclic) bond motifs is 1. The number of pyridine rings is 1. The monoisotopic (exact) mass is 359 g/mol. The van der Waals surface area contributed by atoms with E-state index in [-0.39, 0.29) is 5.95 Å². The van der Waals surface area contributed by atoms with Crippen LogP contribution in [0.4, 0.5) is 11.6 Å². The molecule has 8 nitrogen and oxygen atoms in total. The van der Waals surface area contributed by atoms with E-state index in [9.17, 15) is 8.42 Å². The third kappa shape index (κ3) is 3.94. The topological polar surface area (TPSA) is 120 Å². The quantitative estimate of drug-likeness (QED) is 0.715. The lowest BCUT2D eigenvalue weighted by Gasteiger charge is -2.09. The van der Waals surface area contributed by atoms with Crippen LogP contribution in [-0.4, -0.2) is 36.2 Å². The summed E-state index contributed by atoms with van der Waals surface area (Å²) in [5.41, 5.74) is 8.10. The second-order valence-electron chi connectivity index (χ2n) is 5.36. The molecule has 3 aromatic rings. The molecule has 0 fully saturated rings. The number of anilines is 2. The van der Waals surface area contributed by atoms with Crippen LogP contribution in [0.3, 0.4) is 0 Å². The molecule has 0 aliphatic heterocycles. The van der Waals surface area contributed by atoms with Gasteiger partial charge in [-0.05, 0) is 25.1 Å². The molecular formula is C16H17N5O3S. The Bertz CT molecular complexity index is 1040. The van der Waals surface area contributed by atoms with Gasteiger partial charge in [-0.2, -0.15) is 4.98 Å². The first-order valence-electron chi connectivity index (χ1n) is 7.50. The van der Waals surface area contributed by atoms with Crippen LogP contribution in [-0.2, 0) is 10.0 Å². The van der Waals surface area contributed by atoms with Gasteiger partial charge in [-0.15, -0.1) is 0 Å². The van der Waals surface area contributed by atoms with Gasteiger partial charge >= 0.3 is 0 Å². The van der Waals surface area contributed by atoms with Crippen molar-refractivity contribution in [3.63, 3.8) is 0 Å². The van der Waals surface area contributed by atoms with Gasteiger partial charge in [0, 0.05) is 11.3 Å². The summed E-state index contributed by atoms with van der Waals surface area (Å²) in [6.45, 7) is 2.30. The highest BCUT2D eigenvalue weighted by Gasteiger charge is 2.11. The van der Waals surface area contributed by atoms with Crippen LogP contribution in [0, 0.1) is 0 Å². The number of nitrogens with zero attached hydrogens (tertiary/aromatic N) is 3. The Kier molecular flexibility index (Phi) is 4.41. The van der Waals surface area contributed by atoms with Crippen molar-refractivity contribution in [1.29, 1.82) is 0 Å². The predicted molar refractivity (Wildman–Crippen MR) is 96.8 cm³/mol. The highest BCUT2D eigenvalue weighted by molar-refractivity contribution is 7.92. The maximum Gasteiger partial charge on any atom is 0.229 e. The molecule has 0 spiro atoms. The molecule has 0 amide bonds. The van der Waals surface area contributed by atoms with Crippen molar-refractivity contribution in [3.05, 3.63) is 36.5 Å². The first kappa shape index (κ1) is 16.9. The summed E-state index contributed by atoms with van der Waals surface area (Å²) in [5.74, 6) is 0.504. The number of nitrogens with one attached hydrogen (secondary N) is 1. The van der Waals surface area contributed by atoms with Gasteiger partial charge in [0.15, 0.2) is 0 Å². The Labute approximate surface area is 145 Å². The van der Waals surface area contributed by atoms with Crippen molar-refractivity contribution in [2.24, 2.45) is 0 Å². The third-order valence-electron chi connectivity index (χ3n) is 3.31. The highest BCUT2D eigenvalue weighted by atomic mass is 32.2. The van der Waals surface area contributed by atoms with Crippen LogP contribution >= 0.6 is 0 Å². The van der Waals surface area contributed by atoms with Crippen LogP contribution in [0.15, 0.2) is 36.5 Å². The highest BCUT2D eigenvalue weighted by Crippen LogP contribution is 2.28. The molecule has 0 saturated heterocycles. The summed E-state index contributed by atoms with van der Waals surface area (Å²) >= 11 is 0. The number of benzene rings is 1. The fourth-order valence-corrected chi connectivity index (χ4v) is 2.94. The molecule has 0 saturated carbocycles. The molecule has 3 rings (SSSR count). The summed E-state index contributed by atoms with van der Waals surface area (Å²) < 4.78 is 30.8.